The van der Waals surface area contributed by atoms with Gasteiger partial charge in [0.05, 0.1) is 18.7 Å². The number of amides is 1. The fourth-order valence-electron chi connectivity index (χ4n) is 3.05. The van der Waals surface area contributed by atoms with E-state index in [1.54, 1.807) is 31.2 Å². The molecule has 1 aliphatic rings. The number of hydrogen-bond donors (Lipinski definition) is 1. The topological polar surface area (TPSA) is 66.8 Å². The van der Waals surface area contributed by atoms with E-state index in [9.17, 15) is 19.1 Å². The molecule has 0 radical (unpaired) electrons. The van der Waals surface area contributed by atoms with Gasteiger partial charge in [0.2, 0.25) is 0 Å². The van der Waals surface area contributed by atoms with Crippen LogP contribution in [0, 0.1) is 5.82 Å². The maximum Gasteiger partial charge on any atom is 0.294 e. The number of Topliss-reactive ketones (excluding diaryl/α,β-unsaturated/α-hetero) is 1. The zero-order valence-electron chi connectivity index (χ0n) is 14.4. The minimum Gasteiger partial charge on any atom is -0.503 e. The quantitative estimate of drug-likeness (QED) is 0.888. The lowest BCUT2D eigenvalue weighted by molar-refractivity contribution is -0.118. The zero-order valence-corrected chi connectivity index (χ0v) is 14.4. The Morgan fingerprint density at radius 1 is 1.15 bits per heavy atom. The summed E-state index contributed by atoms with van der Waals surface area (Å²) in [7, 11) is 1.54. The molecule has 1 amide bonds. The van der Waals surface area contributed by atoms with Gasteiger partial charge < -0.3 is 9.84 Å². The molecule has 0 fully saturated rings. The highest BCUT2D eigenvalue weighted by Crippen LogP contribution is 2.41. The molecule has 3 rings (SSSR count). The summed E-state index contributed by atoms with van der Waals surface area (Å²) in [5, 5.41) is 10.3. The Hall–Kier alpha value is -3.15. The van der Waals surface area contributed by atoms with Crippen LogP contribution in [0.1, 0.15) is 24.9 Å². The van der Waals surface area contributed by atoms with Gasteiger partial charge in [-0.25, -0.2) is 4.39 Å². The maximum absolute atomic E-state index is 13.3. The van der Waals surface area contributed by atoms with Crippen LogP contribution in [-0.2, 0) is 9.59 Å². The molecule has 0 saturated heterocycles. The Labute approximate surface area is 150 Å². The third-order valence-electron chi connectivity index (χ3n) is 4.37. The number of hydrogen-bond acceptors (Lipinski definition) is 4. The fraction of sp³-hybridized carbons (Fsp3) is 0.200. The summed E-state index contributed by atoms with van der Waals surface area (Å²) in [4.78, 5) is 26.4. The van der Waals surface area contributed by atoms with Crippen LogP contribution in [0.5, 0.6) is 5.75 Å². The number of ketones is 1. The lowest BCUT2D eigenvalue weighted by Crippen LogP contribution is -2.31. The molecular weight excluding hydrogens is 337 g/mol. The lowest BCUT2D eigenvalue weighted by Gasteiger charge is -2.27. The molecular formula is C20H18FNO4. The van der Waals surface area contributed by atoms with E-state index in [-0.39, 0.29) is 17.8 Å². The number of aliphatic hydroxyl groups is 1. The third-order valence-corrected chi connectivity index (χ3v) is 4.37. The Balaban J connectivity index is 2.14. The van der Waals surface area contributed by atoms with Crippen LogP contribution >= 0.6 is 0 Å². The molecule has 2 aromatic rings. The molecule has 0 bridgehead atoms. The van der Waals surface area contributed by atoms with Crippen molar-refractivity contribution >= 4 is 17.4 Å². The van der Waals surface area contributed by atoms with Crippen LogP contribution in [0.3, 0.4) is 0 Å². The summed E-state index contributed by atoms with van der Waals surface area (Å²) in [6.45, 7) is 1.67. The predicted molar refractivity (Wildman–Crippen MR) is 94.6 cm³/mol. The van der Waals surface area contributed by atoms with Crippen molar-refractivity contribution in [3.8, 4) is 5.75 Å². The fourth-order valence-corrected chi connectivity index (χ4v) is 3.05. The number of halogens is 1. The minimum absolute atomic E-state index is 0.0481. The van der Waals surface area contributed by atoms with Crippen molar-refractivity contribution in [3.63, 3.8) is 0 Å². The van der Waals surface area contributed by atoms with E-state index >= 15 is 0 Å². The first-order valence-electron chi connectivity index (χ1n) is 8.17. The highest BCUT2D eigenvalue weighted by Gasteiger charge is 2.43. The molecule has 0 aliphatic carbocycles. The smallest absolute Gasteiger partial charge is 0.294 e. The molecule has 2 aromatic carbocycles. The van der Waals surface area contributed by atoms with Crippen LogP contribution in [0.25, 0.3) is 0 Å². The highest BCUT2D eigenvalue weighted by atomic mass is 19.1. The molecule has 0 spiro atoms. The van der Waals surface area contributed by atoms with Gasteiger partial charge in [0.25, 0.3) is 5.91 Å². The van der Waals surface area contributed by atoms with Crippen molar-refractivity contribution in [2.24, 2.45) is 0 Å². The van der Waals surface area contributed by atoms with Crippen molar-refractivity contribution in [2.75, 3.05) is 12.0 Å². The number of ether oxygens (including phenoxy) is 1. The number of methoxy groups -OCH3 is 1. The molecule has 0 aromatic heterocycles. The van der Waals surface area contributed by atoms with E-state index in [2.05, 4.69) is 0 Å². The molecule has 1 unspecified atom stereocenters. The number of carbonyl (C=O) groups excluding carboxylic acids is 2. The Bertz CT molecular complexity index is 872. The number of benzene rings is 2. The molecule has 1 atom stereocenters. The Morgan fingerprint density at radius 2 is 1.77 bits per heavy atom. The normalized spacial score (nSPS) is 17.0. The SMILES string of the molecule is CCC(=O)C1=C(O)C(=O)N(c2ccc(F)cc2)C1c1ccc(OC)cc1. The van der Waals surface area contributed by atoms with E-state index in [4.69, 9.17) is 4.74 Å². The van der Waals surface area contributed by atoms with E-state index < -0.39 is 23.5 Å². The van der Waals surface area contributed by atoms with E-state index in [1.807, 2.05) is 0 Å². The van der Waals surface area contributed by atoms with Crippen LogP contribution < -0.4 is 9.64 Å². The Morgan fingerprint density at radius 3 is 2.31 bits per heavy atom. The summed E-state index contributed by atoms with van der Waals surface area (Å²) in [6.07, 6.45) is 0.149. The van der Waals surface area contributed by atoms with Gasteiger partial charge in [-0.05, 0) is 42.0 Å². The highest BCUT2D eigenvalue weighted by molar-refractivity contribution is 6.16. The maximum atomic E-state index is 13.3. The second-order valence-corrected chi connectivity index (χ2v) is 5.87. The van der Waals surface area contributed by atoms with Crippen LogP contribution in [0.2, 0.25) is 0 Å². The first kappa shape index (κ1) is 17.7. The van der Waals surface area contributed by atoms with Gasteiger partial charge in [-0.1, -0.05) is 19.1 Å². The van der Waals surface area contributed by atoms with Crippen molar-refractivity contribution in [1.29, 1.82) is 0 Å². The van der Waals surface area contributed by atoms with Gasteiger partial charge in [0.1, 0.15) is 11.6 Å². The summed E-state index contributed by atoms with van der Waals surface area (Å²) >= 11 is 0. The number of carbonyl (C=O) groups is 2. The van der Waals surface area contributed by atoms with Crippen molar-refractivity contribution in [2.45, 2.75) is 19.4 Å². The molecule has 26 heavy (non-hydrogen) atoms. The predicted octanol–water partition coefficient (Wildman–Crippen LogP) is 3.71. The number of anilines is 1. The van der Waals surface area contributed by atoms with Crippen LogP contribution in [0.4, 0.5) is 10.1 Å². The molecule has 0 saturated carbocycles. The Kier molecular flexibility index (Phi) is 4.75. The minimum atomic E-state index is -0.786. The van der Waals surface area contributed by atoms with E-state index in [0.29, 0.717) is 17.0 Å². The van der Waals surface area contributed by atoms with Crippen LogP contribution in [-0.4, -0.2) is 23.9 Å². The molecule has 6 heteroatoms. The summed E-state index contributed by atoms with van der Waals surface area (Å²) in [5.41, 5.74) is 1.08. The van der Waals surface area contributed by atoms with Gasteiger partial charge in [-0.2, -0.15) is 0 Å². The number of aliphatic hydroxyl groups excluding tert-OH is 1. The lowest BCUT2D eigenvalue weighted by atomic mass is 9.95. The zero-order chi connectivity index (χ0) is 18.8. The molecule has 1 aliphatic heterocycles. The first-order valence-corrected chi connectivity index (χ1v) is 8.17. The summed E-state index contributed by atoms with van der Waals surface area (Å²) < 4.78 is 18.4. The van der Waals surface area contributed by atoms with Gasteiger partial charge in [0, 0.05) is 12.1 Å². The second kappa shape index (κ2) is 7.00. The van der Waals surface area contributed by atoms with Gasteiger partial charge in [-0.3, -0.25) is 14.5 Å². The second-order valence-electron chi connectivity index (χ2n) is 5.87. The number of nitrogens with zero attached hydrogens (tertiary/aromatic N) is 1. The standard InChI is InChI=1S/C20H18FNO4/c1-3-16(23)17-18(12-4-10-15(26-2)11-5-12)22(20(25)19(17)24)14-8-6-13(21)7-9-14/h4-11,18,24H,3H2,1-2H3. The molecule has 1 heterocycles. The average Bonchev–Trinajstić information content (AvgIpc) is 2.93. The van der Waals surface area contributed by atoms with Gasteiger partial charge in [-0.15, -0.1) is 0 Å². The van der Waals surface area contributed by atoms with Gasteiger partial charge >= 0.3 is 0 Å². The van der Waals surface area contributed by atoms with Gasteiger partial charge in [0.15, 0.2) is 11.5 Å². The summed E-state index contributed by atoms with van der Waals surface area (Å²) in [5.74, 6) is -1.39. The molecule has 134 valence electrons. The van der Waals surface area contributed by atoms with Crippen molar-refractivity contribution in [1.82, 2.24) is 0 Å². The molecule has 1 N–H and O–H groups in total. The largest absolute Gasteiger partial charge is 0.503 e. The van der Waals surface area contributed by atoms with E-state index in [1.165, 1.54) is 36.3 Å². The average molecular weight is 355 g/mol. The summed E-state index contributed by atoms with van der Waals surface area (Å²) in [6, 6.07) is 11.4. The van der Waals surface area contributed by atoms with E-state index in [0.717, 1.165) is 0 Å². The van der Waals surface area contributed by atoms with Crippen molar-refractivity contribution in [3.05, 3.63) is 71.2 Å². The number of rotatable bonds is 5. The third kappa shape index (κ3) is 2.94. The van der Waals surface area contributed by atoms with Crippen LogP contribution in [0.15, 0.2) is 59.9 Å². The molecule has 5 nitrogen and oxygen atoms in total. The first-order chi connectivity index (χ1) is 12.5. The van der Waals surface area contributed by atoms with Crippen molar-refractivity contribution < 1.29 is 23.8 Å². The monoisotopic (exact) mass is 355 g/mol.